The third-order valence-electron chi connectivity index (χ3n) is 4.04. The lowest BCUT2D eigenvalue weighted by Crippen LogP contribution is -2.26. The molecule has 1 aromatic carbocycles. The highest BCUT2D eigenvalue weighted by Crippen LogP contribution is 2.24. The SMILES string of the molecule is NC(=O)c1ccc(S(=O)(=O)NCCc2csc(N3CCCC3)n2)cc1. The van der Waals surface area contributed by atoms with E-state index in [-0.39, 0.29) is 17.0 Å². The van der Waals surface area contributed by atoms with Crippen LogP contribution in [0.15, 0.2) is 34.5 Å². The number of thiazole rings is 1. The number of primary amides is 1. The normalized spacial score (nSPS) is 14.8. The number of sulfonamides is 1. The molecule has 0 aliphatic carbocycles. The van der Waals surface area contributed by atoms with Gasteiger partial charge in [0.05, 0.1) is 10.6 Å². The van der Waals surface area contributed by atoms with Gasteiger partial charge >= 0.3 is 0 Å². The molecule has 2 heterocycles. The third-order valence-corrected chi connectivity index (χ3v) is 6.47. The number of benzene rings is 1. The lowest BCUT2D eigenvalue weighted by Gasteiger charge is -2.12. The van der Waals surface area contributed by atoms with Crippen LogP contribution < -0.4 is 15.4 Å². The lowest BCUT2D eigenvalue weighted by molar-refractivity contribution is 0.1000. The molecular weight excluding hydrogens is 360 g/mol. The van der Waals surface area contributed by atoms with E-state index in [4.69, 9.17) is 5.73 Å². The Bertz CT molecular complexity index is 841. The van der Waals surface area contributed by atoms with Crippen LogP contribution in [0.3, 0.4) is 0 Å². The first-order valence-corrected chi connectivity index (χ1v) is 10.4. The van der Waals surface area contributed by atoms with Gasteiger partial charge in [0.2, 0.25) is 15.9 Å². The number of nitrogens with one attached hydrogen (secondary N) is 1. The maximum Gasteiger partial charge on any atom is 0.248 e. The van der Waals surface area contributed by atoms with Gasteiger partial charge in [0.1, 0.15) is 0 Å². The van der Waals surface area contributed by atoms with Gasteiger partial charge in [-0.05, 0) is 37.1 Å². The molecule has 134 valence electrons. The minimum absolute atomic E-state index is 0.105. The van der Waals surface area contributed by atoms with E-state index in [1.165, 1.54) is 37.1 Å². The van der Waals surface area contributed by atoms with Crippen LogP contribution in [-0.4, -0.2) is 38.9 Å². The molecule has 0 spiro atoms. The second-order valence-electron chi connectivity index (χ2n) is 5.85. The van der Waals surface area contributed by atoms with Gasteiger partial charge in [0.25, 0.3) is 0 Å². The van der Waals surface area contributed by atoms with E-state index in [2.05, 4.69) is 14.6 Å². The van der Waals surface area contributed by atoms with Crippen molar-refractivity contribution >= 4 is 32.4 Å². The quantitative estimate of drug-likeness (QED) is 0.755. The number of nitrogens with two attached hydrogens (primary N) is 1. The molecule has 25 heavy (non-hydrogen) atoms. The highest BCUT2D eigenvalue weighted by atomic mass is 32.2. The van der Waals surface area contributed by atoms with Gasteiger partial charge in [-0.3, -0.25) is 4.79 Å². The Morgan fingerprint density at radius 3 is 2.56 bits per heavy atom. The average Bonchev–Trinajstić information content (AvgIpc) is 3.26. The van der Waals surface area contributed by atoms with Crippen molar-refractivity contribution in [3.63, 3.8) is 0 Å². The Morgan fingerprint density at radius 2 is 1.92 bits per heavy atom. The van der Waals surface area contributed by atoms with Crippen molar-refractivity contribution in [3.05, 3.63) is 40.9 Å². The molecule has 3 rings (SSSR count). The first-order chi connectivity index (χ1) is 12.0. The Hall–Kier alpha value is -1.97. The molecular formula is C16H20N4O3S2. The fourth-order valence-electron chi connectivity index (χ4n) is 2.66. The molecule has 1 saturated heterocycles. The molecule has 9 heteroatoms. The van der Waals surface area contributed by atoms with Crippen molar-refractivity contribution in [2.75, 3.05) is 24.5 Å². The van der Waals surface area contributed by atoms with Crippen LogP contribution in [0, 0.1) is 0 Å². The average molecular weight is 380 g/mol. The van der Waals surface area contributed by atoms with E-state index in [1.54, 1.807) is 11.3 Å². The summed E-state index contributed by atoms with van der Waals surface area (Å²) >= 11 is 1.60. The molecule has 0 saturated carbocycles. The predicted octanol–water partition coefficient (Wildman–Crippen LogP) is 1.36. The number of carbonyl (C=O) groups is 1. The summed E-state index contributed by atoms with van der Waals surface area (Å²) < 4.78 is 27.1. The van der Waals surface area contributed by atoms with Gasteiger partial charge in [-0.25, -0.2) is 18.1 Å². The second kappa shape index (κ2) is 7.51. The Balaban J connectivity index is 1.56. The van der Waals surface area contributed by atoms with Crippen molar-refractivity contribution in [2.45, 2.75) is 24.2 Å². The van der Waals surface area contributed by atoms with Crippen LogP contribution in [0.1, 0.15) is 28.9 Å². The lowest BCUT2D eigenvalue weighted by atomic mass is 10.2. The zero-order chi connectivity index (χ0) is 17.9. The van der Waals surface area contributed by atoms with Gasteiger partial charge in [0, 0.05) is 37.0 Å². The van der Waals surface area contributed by atoms with E-state index in [1.807, 2.05) is 5.38 Å². The third kappa shape index (κ3) is 4.36. The van der Waals surface area contributed by atoms with Crippen LogP contribution in [0.25, 0.3) is 0 Å². The summed E-state index contributed by atoms with van der Waals surface area (Å²) in [5.41, 5.74) is 6.31. The van der Waals surface area contributed by atoms with Gasteiger partial charge in [-0.15, -0.1) is 11.3 Å². The van der Waals surface area contributed by atoms with Crippen molar-refractivity contribution < 1.29 is 13.2 Å². The van der Waals surface area contributed by atoms with Gasteiger partial charge in [0.15, 0.2) is 5.13 Å². The van der Waals surface area contributed by atoms with Crippen molar-refractivity contribution in [3.8, 4) is 0 Å². The molecule has 1 aliphatic rings. The summed E-state index contributed by atoms with van der Waals surface area (Å²) in [5, 5.41) is 2.99. The summed E-state index contributed by atoms with van der Waals surface area (Å²) in [7, 11) is -3.62. The van der Waals surface area contributed by atoms with Crippen LogP contribution in [0.4, 0.5) is 5.13 Å². The maximum absolute atomic E-state index is 12.3. The summed E-state index contributed by atoms with van der Waals surface area (Å²) in [6.45, 7) is 2.35. The molecule has 3 N–H and O–H groups in total. The Labute approximate surface area is 150 Å². The topological polar surface area (TPSA) is 105 Å². The molecule has 1 aromatic heterocycles. The molecule has 1 fully saturated rings. The van der Waals surface area contributed by atoms with E-state index in [0.717, 1.165) is 23.9 Å². The smallest absolute Gasteiger partial charge is 0.248 e. The molecule has 0 bridgehead atoms. The zero-order valence-electron chi connectivity index (χ0n) is 13.6. The second-order valence-corrected chi connectivity index (χ2v) is 8.46. The minimum Gasteiger partial charge on any atom is -0.366 e. The monoisotopic (exact) mass is 380 g/mol. The Morgan fingerprint density at radius 1 is 1.24 bits per heavy atom. The number of amides is 1. The molecule has 1 aliphatic heterocycles. The van der Waals surface area contributed by atoms with E-state index in [9.17, 15) is 13.2 Å². The number of aromatic nitrogens is 1. The highest BCUT2D eigenvalue weighted by molar-refractivity contribution is 7.89. The highest BCUT2D eigenvalue weighted by Gasteiger charge is 2.17. The first-order valence-electron chi connectivity index (χ1n) is 8.04. The van der Waals surface area contributed by atoms with Crippen molar-refractivity contribution in [2.24, 2.45) is 5.73 Å². The van der Waals surface area contributed by atoms with Crippen molar-refractivity contribution in [1.29, 1.82) is 0 Å². The van der Waals surface area contributed by atoms with Gasteiger partial charge in [-0.2, -0.15) is 0 Å². The first kappa shape index (κ1) is 17.8. The number of rotatable bonds is 7. The fourth-order valence-corrected chi connectivity index (χ4v) is 4.61. The molecule has 7 nitrogen and oxygen atoms in total. The summed E-state index contributed by atoms with van der Waals surface area (Å²) in [5.74, 6) is -0.589. The predicted molar refractivity (Wildman–Crippen MR) is 97.4 cm³/mol. The van der Waals surface area contributed by atoms with E-state index < -0.39 is 15.9 Å². The standard InChI is InChI=1S/C16H20N4O3S2/c17-15(21)12-3-5-14(6-4-12)25(22,23)18-8-7-13-11-24-16(19-13)20-9-1-2-10-20/h3-6,11,18H,1-2,7-10H2,(H2,17,21). The van der Waals surface area contributed by atoms with Crippen LogP contribution in [0.5, 0.6) is 0 Å². The van der Waals surface area contributed by atoms with Crippen molar-refractivity contribution in [1.82, 2.24) is 9.71 Å². The van der Waals surface area contributed by atoms with Crippen LogP contribution in [-0.2, 0) is 16.4 Å². The number of hydrogen-bond acceptors (Lipinski definition) is 6. The van der Waals surface area contributed by atoms with E-state index in [0.29, 0.717) is 6.42 Å². The van der Waals surface area contributed by atoms with Crippen LogP contribution >= 0.6 is 11.3 Å². The minimum atomic E-state index is -3.62. The molecule has 1 amide bonds. The molecule has 0 atom stereocenters. The fraction of sp³-hybridized carbons (Fsp3) is 0.375. The number of anilines is 1. The summed E-state index contributed by atoms with van der Waals surface area (Å²) in [4.78, 5) is 18.0. The number of nitrogens with zero attached hydrogens (tertiary/aromatic N) is 2. The zero-order valence-corrected chi connectivity index (χ0v) is 15.3. The maximum atomic E-state index is 12.3. The van der Waals surface area contributed by atoms with Gasteiger partial charge in [-0.1, -0.05) is 0 Å². The summed E-state index contributed by atoms with van der Waals surface area (Å²) in [6, 6.07) is 5.55. The Kier molecular flexibility index (Phi) is 5.36. The summed E-state index contributed by atoms with van der Waals surface area (Å²) in [6.07, 6.45) is 2.93. The largest absolute Gasteiger partial charge is 0.366 e. The van der Waals surface area contributed by atoms with Crippen LogP contribution in [0.2, 0.25) is 0 Å². The molecule has 0 radical (unpaired) electrons. The molecule has 0 unspecified atom stereocenters. The molecule has 2 aromatic rings. The van der Waals surface area contributed by atoms with Gasteiger partial charge < -0.3 is 10.6 Å². The number of carbonyl (C=O) groups excluding carboxylic acids is 1. The van der Waals surface area contributed by atoms with E-state index >= 15 is 0 Å². The number of hydrogen-bond donors (Lipinski definition) is 2.